The Morgan fingerprint density at radius 3 is 2.50 bits per heavy atom. The van der Waals surface area contributed by atoms with Crippen LogP contribution in [0.5, 0.6) is 0 Å². The third-order valence-electron chi connectivity index (χ3n) is 3.61. The summed E-state index contributed by atoms with van der Waals surface area (Å²) in [5.41, 5.74) is -0.578. The largest absolute Gasteiger partial charge is 0.468 e. The van der Waals surface area contributed by atoms with Crippen molar-refractivity contribution in [3.63, 3.8) is 0 Å². The van der Waals surface area contributed by atoms with E-state index in [1.165, 1.54) is 20.0 Å². The van der Waals surface area contributed by atoms with Crippen LogP contribution in [0, 0.1) is 0 Å². The van der Waals surface area contributed by atoms with Crippen LogP contribution < -0.4 is 5.32 Å². The Kier molecular flexibility index (Phi) is 5.60. The maximum Gasteiger partial charge on any atom is 0.325 e. The molecule has 0 heterocycles. The van der Waals surface area contributed by atoms with Crippen molar-refractivity contribution in [2.24, 2.45) is 0 Å². The summed E-state index contributed by atoms with van der Waals surface area (Å²) in [6, 6.07) is 1.01. The van der Waals surface area contributed by atoms with Gasteiger partial charge in [-0.1, -0.05) is 6.92 Å². The van der Waals surface area contributed by atoms with Crippen LogP contribution in [0.2, 0.25) is 0 Å². The van der Waals surface area contributed by atoms with E-state index >= 15 is 0 Å². The number of ether oxygens (including phenoxy) is 1. The monoisotopic (exact) mass is 256 g/mol. The number of nitrogens with one attached hydrogen (secondary N) is 1. The van der Waals surface area contributed by atoms with E-state index in [1.54, 1.807) is 0 Å². The minimum Gasteiger partial charge on any atom is -0.468 e. The molecule has 1 atom stereocenters. The van der Waals surface area contributed by atoms with Crippen LogP contribution in [-0.2, 0) is 9.53 Å². The quantitative estimate of drug-likeness (QED) is 0.672. The van der Waals surface area contributed by atoms with Gasteiger partial charge in [0.05, 0.1) is 7.11 Å². The van der Waals surface area contributed by atoms with Gasteiger partial charge in [0.25, 0.3) is 0 Å². The SMILES string of the molecule is CCN(CCC(C)(NC(C)C)C(=O)OC)C1CC1. The summed E-state index contributed by atoms with van der Waals surface area (Å²) in [5, 5.41) is 3.34. The van der Waals surface area contributed by atoms with Gasteiger partial charge in [-0.05, 0) is 46.6 Å². The van der Waals surface area contributed by atoms with Crippen molar-refractivity contribution in [3.05, 3.63) is 0 Å². The number of hydrogen-bond acceptors (Lipinski definition) is 4. The molecule has 4 nitrogen and oxygen atoms in total. The van der Waals surface area contributed by atoms with Crippen LogP contribution in [0.1, 0.15) is 47.0 Å². The average molecular weight is 256 g/mol. The van der Waals surface area contributed by atoms with Crippen molar-refractivity contribution < 1.29 is 9.53 Å². The van der Waals surface area contributed by atoms with E-state index in [9.17, 15) is 4.79 Å². The van der Waals surface area contributed by atoms with Gasteiger partial charge >= 0.3 is 5.97 Å². The van der Waals surface area contributed by atoms with Crippen molar-refractivity contribution in [1.29, 1.82) is 0 Å². The summed E-state index contributed by atoms with van der Waals surface area (Å²) < 4.78 is 4.94. The van der Waals surface area contributed by atoms with Gasteiger partial charge in [0, 0.05) is 18.6 Å². The van der Waals surface area contributed by atoms with Crippen molar-refractivity contribution in [1.82, 2.24) is 10.2 Å². The molecule has 0 aromatic carbocycles. The number of carbonyl (C=O) groups is 1. The van der Waals surface area contributed by atoms with E-state index in [2.05, 4.69) is 31.0 Å². The topological polar surface area (TPSA) is 41.6 Å². The van der Waals surface area contributed by atoms with E-state index in [0.717, 1.165) is 25.6 Å². The normalized spacial score (nSPS) is 19.1. The Labute approximate surface area is 111 Å². The smallest absolute Gasteiger partial charge is 0.325 e. The summed E-state index contributed by atoms with van der Waals surface area (Å²) in [6.45, 7) is 10.2. The highest BCUT2D eigenvalue weighted by Crippen LogP contribution is 2.27. The Hall–Kier alpha value is -0.610. The molecular formula is C14H28N2O2. The van der Waals surface area contributed by atoms with E-state index < -0.39 is 5.54 Å². The number of carbonyl (C=O) groups excluding carboxylic acids is 1. The van der Waals surface area contributed by atoms with E-state index in [-0.39, 0.29) is 12.0 Å². The first-order valence-corrected chi connectivity index (χ1v) is 7.03. The molecule has 0 aromatic heterocycles. The Morgan fingerprint density at radius 2 is 2.11 bits per heavy atom. The molecule has 0 bridgehead atoms. The van der Waals surface area contributed by atoms with Crippen LogP contribution in [0.4, 0.5) is 0 Å². The zero-order valence-electron chi connectivity index (χ0n) is 12.5. The zero-order chi connectivity index (χ0) is 13.8. The average Bonchev–Trinajstić information content (AvgIpc) is 3.12. The van der Waals surface area contributed by atoms with Gasteiger partial charge in [-0.25, -0.2) is 0 Å². The second-order valence-electron chi connectivity index (χ2n) is 5.73. The van der Waals surface area contributed by atoms with E-state index in [4.69, 9.17) is 4.74 Å². The first-order chi connectivity index (χ1) is 8.42. The third kappa shape index (κ3) is 4.25. The zero-order valence-corrected chi connectivity index (χ0v) is 12.5. The van der Waals surface area contributed by atoms with E-state index in [0.29, 0.717) is 0 Å². The van der Waals surface area contributed by atoms with Gasteiger partial charge in [-0.2, -0.15) is 0 Å². The molecule has 1 saturated carbocycles. The molecule has 0 radical (unpaired) electrons. The van der Waals surface area contributed by atoms with E-state index in [1.807, 2.05) is 6.92 Å². The first kappa shape index (κ1) is 15.4. The first-order valence-electron chi connectivity index (χ1n) is 7.03. The number of hydrogen-bond donors (Lipinski definition) is 1. The molecule has 0 spiro atoms. The maximum absolute atomic E-state index is 12.0. The molecule has 106 valence electrons. The molecule has 1 rings (SSSR count). The Balaban J connectivity index is 2.56. The molecule has 18 heavy (non-hydrogen) atoms. The highest BCUT2D eigenvalue weighted by Gasteiger charge is 2.36. The van der Waals surface area contributed by atoms with Crippen LogP contribution in [0.15, 0.2) is 0 Å². The molecule has 1 fully saturated rings. The number of esters is 1. The molecule has 1 aliphatic rings. The highest BCUT2D eigenvalue weighted by atomic mass is 16.5. The minimum absolute atomic E-state index is 0.164. The van der Waals surface area contributed by atoms with Crippen molar-refractivity contribution in [2.75, 3.05) is 20.2 Å². The molecule has 0 amide bonds. The summed E-state index contributed by atoms with van der Waals surface area (Å²) >= 11 is 0. The highest BCUT2D eigenvalue weighted by molar-refractivity contribution is 5.80. The molecular weight excluding hydrogens is 228 g/mol. The Morgan fingerprint density at radius 1 is 1.50 bits per heavy atom. The number of methoxy groups -OCH3 is 1. The predicted molar refractivity (Wildman–Crippen MR) is 73.6 cm³/mol. The van der Waals surface area contributed by atoms with Crippen LogP contribution in [-0.4, -0.2) is 48.7 Å². The van der Waals surface area contributed by atoms with Gasteiger partial charge in [0.1, 0.15) is 5.54 Å². The van der Waals surface area contributed by atoms with Gasteiger partial charge in [-0.3, -0.25) is 10.1 Å². The maximum atomic E-state index is 12.0. The fourth-order valence-corrected chi connectivity index (χ4v) is 2.50. The van der Waals surface area contributed by atoms with Crippen LogP contribution >= 0.6 is 0 Å². The summed E-state index contributed by atoms with van der Waals surface area (Å²) in [4.78, 5) is 14.4. The lowest BCUT2D eigenvalue weighted by Crippen LogP contribution is -2.54. The van der Waals surface area contributed by atoms with Crippen LogP contribution in [0.3, 0.4) is 0 Å². The number of nitrogens with zero attached hydrogens (tertiary/aromatic N) is 1. The lowest BCUT2D eigenvalue weighted by molar-refractivity contribution is -0.148. The van der Waals surface area contributed by atoms with Gasteiger partial charge in [-0.15, -0.1) is 0 Å². The lowest BCUT2D eigenvalue weighted by atomic mass is 9.96. The molecule has 0 aromatic rings. The molecule has 1 aliphatic carbocycles. The van der Waals surface area contributed by atoms with Gasteiger partial charge in [0.15, 0.2) is 0 Å². The molecule has 1 unspecified atom stereocenters. The minimum atomic E-state index is -0.578. The van der Waals surface area contributed by atoms with Gasteiger partial charge in [0.2, 0.25) is 0 Å². The second-order valence-corrected chi connectivity index (χ2v) is 5.73. The molecule has 0 saturated heterocycles. The molecule has 1 N–H and O–H groups in total. The van der Waals surface area contributed by atoms with Gasteiger partial charge < -0.3 is 9.64 Å². The fraction of sp³-hybridized carbons (Fsp3) is 0.929. The van der Waals surface area contributed by atoms with Crippen molar-refractivity contribution >= 4 is 5.97 Å². The summed E-state index contributed by atoms with van der Waals surface area (Å²) in [7, 11) is 1.46. The second kappa shape index (κ2) is 6.53. The molecule has 4 heteroatoms. The summed E-state index contributed by atoms with van der Waals surface area (Å²) in [5.74, 6) is -0.164. The number of rotatable bonds is 8. The Bertz CT molecular complexity index is 277. The van der Waals surface area contributed by atoms with Crippen LogP contribution in [0.25, 0.3) is 0 Å². The lowest BCUT2D eigenvalue weighted by Gasteiger charge is -2.32. The van der Waals surface area contributed by atoms with Crippen molar-refractivity contribution in [2.45, 2.75) is 64.6 Å². The predicted octanol–water partition coefficient (Wildman–Crippen LogP) is 1.79. The van der Waals surface area contributed by atoms with Crippen molar-refractivity contribution in [3.8, 4) is 0 Å². The fourth-order valence-electron chi connectivity index (χ4n) is 2.50. The third-order valence-corrected chi connectivity index (χ3v) is 3.61. The summed E-state index contributed by atoms with van der Waals surface area (Å²) in [6.07, 6.45) is 3.41. The molecule has 0 aliphatic heterocycles. The standard InChI is InChI=1S/C14H28N2O2/c1-6-16(12-7-8-12)10-9-14(4,13(17)18-5)15-11(2)3/h11-12,15H,6-10H2,1-5H3.